The third-order valence-corrected chi connectivity index (χ3v) is 5.31. The first-order chi connectivity index (χ1) is 10.7. The van der Waals surface area contributed by atoms with Gasteiger partial charge in [-0.1, -0.05) is 0 Å². The summed E-state index contributed by atoms with van der Waals surface area (Å²) >= 11 is 0. The summed E-state index contributed by atoms with van der Waals surface area (Å²) in [6.07, 6.45) is 5.80. The molecule has 2 aromatic rings. The van der Waals surface area contributed by atoms with Gasteiger partial charge in [0.2, 0.25) is 0 Å². The molecule has 4 rings (SSSR count). The number of aliphatic hydroxyl groups excluding tert-OH is 1. The summed E-state index contributed by atoms with van der Waals surface area (Å²) in [6.45, 7) is 4.46. The first-order valence-corrected chi connectivity index (χ1v) is 7.93. The smallest absolute Gasteiger partial charge is 0.182 e. The zero-order chi connectivity index (χ0) is 15.2. The van der Waals surface area contributed by atoms with E-state index in [9.17, 15) is 5.11 Å². The van der Waals surface area contributed by atoms with E-state index >= 15 is 0 Å². The lowest BCUT2D eigenvalue weighted by atomic mass is 9.58. The average molecular weight is 303 g/mol. The molecule has 7 nitrogen and oxygen atoms in total. The van der Waals surface area contributed by atoms with Gasteiger partial charge in [-0.25, -0.2) is 15.0 Å². The number of fused-ring (bicyclic) bond motifs is 1. The largest absolute Gasteiger partial charge is 0.392 e. The fourth-order valence-electron chi connectivity index (χ4n) is 3.94. The summed E-state index contributed by atoms with van der Waals surface area (Å²) in [6, 6.07) is 0. The number of rotatable bonds is 3. The minimum absolute atomic E-state index is 0.0629. The zero-order valence-corrected chi connectivity index (χ0v) is 12.7. The second kappa shape index (κ2) is 5.17. The quantitative estimate of drug-likeness (QED) is 0.883. The molecule has 1 spiro atoms. The molecule has 7 heteroatoms. The van der Waals surface area contributed by atoms with Crippen LogP contribution < -0.4 is 4.90 Å². The van der Waals surface area contributed by atoms with Crippen molar-refractivity contribution in [3.05, 3.63) is 12.7 Å². The summed E-state index contributed by atoms with van der Waals surface area (Å²) in [5.74, 6) is 0.902. The monoisotopic (exact) mass is 303 g/mol. The molecule has 2 aliphatic rings. The maximum atomic E-state index is 10.3. The van der Waals surface area contributed by atoms with Crippen LogP contribution in [0.1, 0.15) is 26.2 Å². The van der Waals surface area contributed by atoms with Crippen LogP contribution >= 0.6 is 0 Å². The molecule has 1 saturated carbocycles. The lowest BCUT2D eigenvalue weighted by Crippen LogP contribution is -2.62. The molecule has 2 aromatic heterocycles. The van der Waals surface area contributed by atoms with Crippen LogP contribution in [-0.2, 0) is 4.74 Å². The van der Waals surface area contributed by atoms with E-state index in [-0.39, 0.29) is 17.6 Å². The minimum Gasteiger partial charge on any atom is -0.392 e. The number of hydrogen-bond acceptors (Lipinski definition) is 6. The van der Waals surface area contributed by atoms with E-state index in [0.717, 1.165) is 43.7 Å². The fraction of sp³-hybridized carbons (Fsp3) is 0.667. The van der Waals surface area contributed by atoms with E-state index in [1.165, 1.54) is 0 Å². The Morgan fingerprint density at radius 3 is 2.91 bits per heavy atom. The third kappa shape index (κ3) is 1.92. The maximum absolute atomic E-state index is 10.3. The Balaban J connectivity index is 1.53. The van der Waals surface area contributed by atoms with Gasteiger partial charge in [0.15, 0.2) is 11.5 Å². The molecule has 0 unspecified atom stereocenters. The van der Waals surface area contributed by atoms with Crippen molar-refractivity contribution in [2.24, 2.45) is 5.41 Å². The number of aliphatic hydroxyl groups is 1. The van der Waals surface area contributed by atoms with Gasteiger partial charge in [0.05, 0.1) is 18.5 Å². The number of hydrogen-bond donors (Lipinski definition) is 2. The average Bonchev–Trinajstić information content (AvgIpc) is 3.03. The lowest BCUT2D eigenvalue weighted by Gasteiger charge is -2.56. The van der Waals surface area contributed by atoms with Crippen molar-refractivity contribution in [3.63, 3.8) is 0 Å². The van der Waals surface area contributed by atoms with Gasteiger partial charge >= 0.3 is 0 Å². The molecule has 0 amide bonds. The van der Waals surface area contributed by atoms with Crippen molar-refractivity contribution < 1.29 is 9.84 Å². The number of nitrogens with one attached hydrogen (secondary N) is 1. The molecule has 2 fully saturated rings. The molecule has 1 aliphatic carbocycles. The van der Waals surface area contributed by atoms with Crippen molar-refractivity contribution in [2.75, 3.05) is 24.6 Å². The number of ether oxygens (including phenoxy) is 1. The van der Waals surface area contributed by atoms with Crippen LogP contribution in [0.15, 0.2) is 12.7 Å². The second-order valence-electron chi connectivity index (χ2n) is 6.21. The van der Waals surface area contributed by atoms with Crippen LogP contribution in [0.4, 0.5) is 5.82 Å². The van der Waals surface area contributed by atoms with E-state index in [0.29, 0.717) is 12.3 Å². The van der Waals surface area contributed by atoms with Crippen LogP contribution in [0.2, 0.25) is 0 Å². The highest BCUT2D eigenvalue weighted by atomic mass is 16.5. The molecule has 0 bridgehead atoms. The van der Waals surface area contributed by atoms with Crippen molar-refractivity contribution in [1.29, 1.82) is 0 Å². The van der Waals surface area contributed by atoms with Gasteiger partial charge in [0.1, 0.15) is 11.8 Å². The summed E-state index contributed by atoms with van der Waals surface area (Å²) < 4.78 is 5.82. The molecule has 0 radical (unpaired) electrons. The number of piperidine rings is 1. The van der Waals surface area contributed by atoms with E-state index in [4.69, 9.17) is 4.74 Å². The number of anilines is 1. The SMILES string of the molecule is CCO[C@@H]1C[C@H](O)C12CCN(c1ncnc3nc[nH]c13)CC2. The summed E-state index contributed by atoms with van der Waals surface area (Å²) in [5.41, 5.74) is 1.52. The maximum Gasteiger partial charge on any atom is 0.182 e. The molecular weight excluding hydrogens is 282 g/mol. The predicted molar refractivity (Wildman–Crippen MR) is 81.6 cm³/mol. The van der Waals surface area contributed by atoms with Crippen molar-refractivity contribution in [2.45, 2.75) is 38.4 Å². The van der Waals surface area contributed by atoms with Gasteiger partial charge < -0.3 is 19.7 Å². The van der Waals surface area contributed by atoms with E-state index in [2.05, 4.69) is 24.8 Å². The summed E-state index contributed by atoms with van der Waals surface area (Å²) in [4.78, 5) is 18.1. The second-order valence-corrected chi connectivity index (χ2v) is 6.21. The Morgan fingerprint density at radius 1 is 1.36 bits per heavy atom. The zero-order valence-electron chi connectivity index (χ0n) is 12.7. The van der Waals surface area contributed by atoms with Gasteiger partial charge in [-0.2, -0.15) is 0 Å². The van der Waals surface area contributed by atoms with Crippen molar-refractivity contribution >= 4 is 17.0 Å². The molecule has 0 aromatic carbocycles. The van der Waals surface area contributed by atoms with Crippen LogP contribution in [0.25, 0.3) is 11.2 Å². The molecule has 1 saturated heterocycles. The van der Waals surface area contributed by atoms with Crippen LogP contribution in [-0.4, -0.2) is 56.9 Å². The molecule has 118 valence electrons. The Hall–Kier alpha value is -1.73. The number of imidazole rings is 1. The highest BCUT2D eigenvalue weighted by Crippen LogP contribution is 2.51. The first kappa shape index (κ1) is 13.9. The van der Waals surface area contributed by atoms with E-state index in [1.54, 1.807) is 12.7 Å². The fourth-order valence-corrected chi connectivity index (χ4v) is 3.94. The lowest BCUT2D eigenvalue weighted by molar-refractivity contribution is -0.199. The summed E-state index contributed by atoms with van der Waals surface area (Å²) in [5, 5.41) is 10.3. The van der Waals surface area contributed by atoms with Gasteiger partial charge in [0.25, 0.3) is 0 Å². The Bertz CT molecular complexity index is 663. The normalized spacial score (nSPS) is 27.3. The number of H-pyrrole nitrogens is 1. The Labute approximate surface area is 128 Å². The molecule has 3 heterocycles. The highest BCUT2D eigenvalue weighted by molar-refractivity contribution is 5.82. The molecule has 22 heavy (non-hydrogen) atoms. The molecule has 1 aliphatic heterocycles. The van der Waals surface area contributed by atoms with Crippen molar-refractivity contribution in [1.82, 2.24) is 19.9 Å². The standard InChI is InChI=1S/C15H21N5O2/c1-2-22-11-7-10(21)15(11)3-5-20(6-4-15)14-12-13(17-8-16-12)18-9-19-14/h8-11,21H,2-7H2,1H3,(H,16,17,18,19)/t10-,11+/m0/s1. The number of aromatic nitrogens is 4. The van der Waals surface area contributed by atoms with Crippen LogP contribution in [0, 0.1) is 5.41 Å². The predicted octanol–water partition coefficient (Wildman–Crippen LogP) is 1.11. The van der Waals surface area contributed by atoms with Gasteiger partial charge in [-0.15, -0.1) is 0 Å². The molecular formula is C15H21N5O2. The van der Waals surface area contributed by atoms with Crippen LogP contribution in [0.3, 0.4) is 0 Å². The highest BCUT2D eigenvalue weighted by Gasteiger charge is 2.56. The van der Waals surface area contributed by atoms with Crippen molar-refractivity contribution in [3.8, 4) is 0 Å². The molecule has 2 atom stereocenters. The van der Waals surface area contributed by atoms with Gasteiger partial charge in [-0.3, -0.25) is 0 Å². The van der Waals surface area contributed by atoms with Gasteiger partial charge in [0, 0.05) is 31.5 Å². The third-order valence-electron chi connectivity index (χ3n) is 5.31. The van der Waals surface area contributed by atoms with E-state index < -0.39 is 0 Å². The minimum atomic E-state index is -0.233. The van der Waals surface area contributed by atoms with E-state index in [1.807, 2.05) is 6.92 Å². The Kier molecular flexibility index (Phi) is 3.27. The Morgan fingerprint density at radius 2 is 2.18 bits per heavy atom. The number of nitrogens with zero attached hydrogens (tertiary/aromatic N) is 4. The number of aromatic amines is 1. The first-order valence-electron chi connectivity index (χ1n) is 7.93. The van der Waals surface area contributed by atoms with Gasteiger partial charge in [-0.05, 0) is 19.8 Å². The topological polar surface area (TPSA) is 87.2 Å². The molecule has 2 N–H and O–H groups in total. The summed E-state index contributed by atoms with van der Waals surface area (Å²) in [7, 11) is 0. The van der Waals surface area contributed by atoms with Crippen LogP contribution in [0.5, 0.6) is 0 Å².